The van der Waals surface area contributed by atoms with E-state index in [4.69, 9.17) is 10.5 Å². The number of primary amides is 1. The van der Waals surface area contributed by atoms with Gasteiger partial charge in [-0.2, -0.15) is 9.67 Å². The average molecular weight is 367 g/mol. The Labute approximate surface area is 155 Å². The van der Waals surface area contributed by atoms with E-state index in [1.165, 1.54) is 0 Å². The number of carbonyl (C=O) groups excluding carboxylic acids is 1. The fourth-order valence-electron chi connectivity index (χ4n) is 3.52. The highest BCUT2D eigenvalue weighted by Crippen LogP contribution is 2.27. The van der Waals surface area contributed by atoms with Crippen molar-refractivity contribution in [3.63, 3.8) is 0 Å². The molecule has 1 fully saturated rings. The number of amides is 1. The molecule has 2 aromatic heterocycles. The Morgan fingerprint density at radius 3 is 2.93 bits per heavy atom. The van der Waals surface area contributed by atoms with Gasteiger partial charge in [-0.3, -0.25) is 4.79 Å². The molecule has 2 unspecified atom stereocenters. The second kappa shape index (κ2) is 6.82. The minimum absolute atomic E-state index is 0.0827. The Kier molecular flexibility index (Phi) is 4.35. The van der Waals surface area contributed by atoms with Gasteiger partial charge in [-0.15, -0.1) is 5.10 Å². The number of methoxy groups -OCH3 is 1. The summed E-state index contributed by atoms with van der Waals surface area (Å²) < 4.78 is 6.99. The molecule has 2 heterocycles. The normalized spacial score (nSPS) is 19.3. The van der Waals surface area contributed by atoms with Gasteiger partial charge < -0.3 is 15.8 Å². The maximum Gasteiger partial charge on any atom is 0.225 e. The summed E-state index contributed by atoms with van der Waals surface area (Å²) in [5.41, 5.74) is 8.46. The van der Waals surface area contributed by atoms with Gasteiger partial charge in [0.15, 0.2) is 11.2 Å². The molecule has 0 radical (unpaired) electrons. The molecule has 1 aliphatic rings. The molecule has 3 N–H and O–H groups in total. The predicted octanol–water partition coefficient (Wildman–Crippen LogP) is 1.59. The lowest BCUT2D eigenvalue weighted by molar-refractivity contribution is -0.121. The van der Waals surface area contributed by atoms with Crippen molar-refractivity contribution < 1.29 is 9.53 Å². The van der Waals surface area contributed by atoms with Crippen molar-refractivity contribution in [3.8, 4) is 11.4 Å². The van der Waals surface area contributed by atoms with E-state index < -0.39 is 0 Å². The average Bonchev–Trinajstić information content (AvgIpc) is 3.28. The van der Waals surface area contributed by atoms with E-state index in [0.717, 1.165) is 29.8 Å². The molecule has 9 heteroatoms. The number of nitrogens with two attached hydrogens (primary N) is 1. The third-order valence-electron chi connectivity index (χ3n) is 4.98. The minimum atomic E-state index is -0.243. The Bertz CT molecular complexity index is 1000. The van der Waals surface area contributed by atoms with E-state index in [2.05, 4.69) is 25.6 Å². The number of nitrogens with one attached hydrogen (secondary N) is 1. The quantitative estimate of drug-likeness (QED) is 0.702. The summed E-state index contributed by atoms with van der Waals surface area (Å²) in [6.45, 7) is 1.97. The van der Waals surface area contributed by atoms with Gasteiger partial charge in [0.25, 0.3) is 0 Å². The van der Waals surface area contributed by atoms with E-state index in [1.54, 1.807) is 18.0 Å². The number of nitrogens with zero attached hydrogens (tertiary/aromatic N) is 5. The van der Waals surface area contributed by atoms with Crippen molar-refractivity contribution in [1.82, 2.24) is 25.0 Å². The SMILES string of the molecule is COc1ccc(-n2nnc3cnc(NC4CCC(C(N)=O)C4)nc32)cc1C. The van der Waals surface area contributed by atoms with Gasteiger partial charge in [-0.1, -0.05) is 5.21 Å². The molecule has 140 valence electrons. The zero-order chi connectivity index (χ0) is 19.0. The summed E-state index contributed by atoms with van der Waals surface area (Å²) in [4.78, 5) is 20.3. The van der Waals surface area contributed by atoms with Crippen molar-refractivity contribution in [2.75, 3.05) is 12.4 Å². The Morgan fingerprint density at radius 2 is 2.22 bits per heavy atom. The highest BCUT2D eigenvalue weighted by atomic mass is 16.5. The van der Waals surface area contributed by atoms with Crippen LogP contribution in [0.2, 0.25) is 0 Å². The summed E-state index contributed by atoms with van der Waals surface area (Å²) in [5, 5.41) is 11.6. The van der Waals surface area contributed by atoms with Crippen LogP contribution >= 0.6 is 0 Å². The molecule has 0 saturated heterocycles. The van der Waals surface area contributed by atoms with Gasteiger partial charge in [-0.05, 0) is 49.9 Å². The van der Waals surface area contributed by atoms with Gasteiger partial charge in [0.2, 0.25) is 11.9 Å². The summed E-state index contributed by atoms with van der Waals surface area (Å²) in [6.07, 6.45) is 4.00. The number of fused-ring (bicyclic) bond motifs is 1. The van der Waals surface area contributed by atoms with Crippen LogP contribution in [0.25, 0.3) is 16.9 Å². The standard InChI is InChI=1S/C18H21N7O2/c1-10-7-13(5-6-15(10)27-2)25-17-14(23-24-25)9-20-18(22-17)21-12-4-3-11(8-12)16(19)26/h5-7,9,11-12H,3-4,8H2,1-2H3,(H2,19,26)(H,20,21,22). The van der Waals surface area contributed by atoms with Crippen molar-refractivity contribution >= 4 is 23.0 Å². The highest BCUT2D eigenvalue weighted by Gasteiger charge is 2.28. The fourth-order valence-corrected chi connectivity index (χ4v) is 3.52. The van der Waals surface area contributed by atoms with E-state index in [-0.39, 0.29) is 17.9 Å². The van der Waals surface area contributed by atoms with Gasteiger partial charge in [0, 0.05) is 12.0 Å². The van der Waals surface area contributed by atoms with Crippen LogP contribution in [0.5, 0.6) is 5.75 Å². The number of hydrogen-bond acceptors (Lipinski definition) is 7. The molecule has 27 heavy (non-hydrogen) atoms. The van der Waals surface area contributed by atoms with Crippen LogP contribution in [0, 0.1) is 12.8 Å². The highest BCUT2D eigenvalue weighted by molar-refractivity contribution is 5.77. The molecule has 0 aliphatic heterocycles. The van der Waals surface area contributed by atoms with Gasteiger partial charge in [0.05, 0.1) is 19.0 Å². The number of aryl methyl sites for hydroxylation is 1. The van der Waals surface area contributed by atoms with Gasteiger partial charge >= 0.3 is 0 Å². The smallest absolute Gasteiger partial charge is 0.225 e. The lowest BCUT2D eigenvalue weighted by atomic mass is 10.1. The molecule has 1 aliphatic carbocycles. The van der Waals surface area contributed by atoms with E-state index in [9.17, 15) is 4.79 Å². The van der Waals surface area contributed by atoms with Gasteiger partial charge in [0.1, 0.15) is 5.75 Å². The zero-order valence-electron chi connectivity index (χ0n) is 15.2. The van der Waals surface area contributed by atoms with Crippen LogP contribution in [0.4, 0.5) is 5.95 Å². The Hall–Kier alpha value is -3.23. The lowest BCUT2D eigenvalue weighted by Crippen LogP contribution is -2.23. The first kappa shape index (κ1) is 17.2. The predicted molar refractivity (Wildman–Crippen MR) is 99.7 cm³/mol. The minimum Gasteiger partial charge on any atom is -0.496 e. The maximum absolute atomic E-state index is 11.3. The topological polar surface area (TPSA) is 121 Å². The number of anilines is 1. The number of ether oxygens (including phenoxy) is 1. The first-order chi connectivity index (χ1) is 13.0. The molecule has 2 atom stereocenters. The van der Waals surface area contributed by atoms with E-state index in [1.807, 2.05) is 25.1 Å². The first-order valence-corrected chi connectivity index (χ1v) is 8.84. The summed E-state index contributed by atoms with van der Waals surface area (Å²) in [7, 11) is 1.64. The third-order valence-corrected chi connectivity index (χ3v) is 4.98. The summed E-state index contributed by atoms with van der Waals surface area (Å²) in [5.74, 6) is 0.977. The van der Waals surface area contributed by atoms with Crippen molar-refractivity contribution in [3.05, 3.63) is 30.0 Å². The van der Waals surface area contributed by atoms with Crippen molar-refractivity contribution in [1.29, 1.82) is 0 Å². The van der Waals surface area contributed by atoms with Crippen molar-refractivity contribution in [2.45, 2.75) is 32.2 Å². The molecule has 3 aromatic rings. The van der Waals surface area contributed by atoms with Crippen molar-refractivity contribution in [2.24, 2.45) is 11.7 Å². The lowest BCUT2D eigenvalue weighted by Gasteiger charge is -2.12. The molecule has 4 rings (SSSR count). The Balaban J connectivity index is 1.62. The summed E-state index contributed by atoms with van der Waals surface area (Å²) in [6, 6.07) is 5.90. The molecular formula is C18H21N7O2. The number of rotatable bonds is 5. The molecule has 1 aromatic carbocycles. The Morgan fingerprint density at radius 1 is 1.37 bits per heavy atom. The summed E-state index contributed by atoms with van der Waals surface area (Å²) >= 11 is 0. The number of aromatic nitrogens is 5. The zero-order valence-corrected chi connectivity index (χ0v) is 15.2. The monoisotopic (exact) mass is 367 g/mol. The third kappa shape index (κ3) is 3.27. The van der Waals surface area contributed by atoms with Crippen LogP contribution in [0.1, 0.15) is 24.8 Å². The molecule has 1 amide bonds. The molecule has 9 nitrogen and oxygen atoms in total. The largest absolute Gasteiger partial charge is 0.496 e. The first-order valence-electron chi connectivity index (χ1n) is 8.84. The van der Waals surface area contributed by atoms with Crippen LogP contribution in [-0.4, -0.2) is 44.0 Å². The molecule has 0 bridgehead atoms. The van der Waals surface area contributed by atoms with Crippen LogP contribution in [-0.2, 0) is 4.79 Å². The molecular weight excluding hydrogens is 346 g/mol. The van der Waals surface area contributed by atoms with E-state index in [0.29, 0.717) is 23.5 Å². The van der Waals surface area contributed by atoms with Gasteiger partial charge in [-0.25, -0.2) is 4.98 Å². The molecule has 0 spiro atoms. The number of hydrogen-bond donors (Lipinski definition) is 2. The number of benzene rings is 1. The van der Waals surface area contributed by atoms with Crippen LogP contribution in [0.15, 0.2) is 24.4 Å². The fraction of sp³-hybridized carbons (Fsp3) is 0.389. The van der Waals surface area contributed by atoms with Crippen LogP contribution in [0.3, 0.4) is 0 Å². The number of carbonyl (C=O) groups is 1. The second-order valence-electron chi connectivity index (χ2n) is 6.81. The van der Waals surface area contributed by atoms with E-state index >= 15 is 0 Å². The molecule has 1 saturated carbocycles. The maximum atomic E-state index is 11.3. The van der Waals surface area contributed by atoms with Crippen LogP contribution < -0.4 is 15.8 Å². The second-order valence-corrected chi connectivity index (χ2v) is 6.81.